The molecule has 2 rings (SSSR count). The van der Waals surface area contributed by atoms with E-state index in [4.69, 9.17) is 11.0 Å². The number of hydrogen-bond acceptors (Lipinski definition) is 3. The summed E-state index contributed by atoms with van der Waals surface area (Å²) in [7, 11) is 0. The van der Waals surface area contributed by atoms with Crippen LogP contribution in [0.3, 0.4) is 0 Å². The first-order chi connectivity index (χ1) is 8.63. The molecule has 0 radical (unpaired) electrons. The molecule has 18 heavy (non-hydrogen) atoms. The molecular formula is C13H14FN3O. The minimum atomic E-state index is -0.609. The monoisotopic (exact) mass is 247 g/mol. The molecule has 94 valence electrons. The van der Waals surface area contributed by atoms with Gasteiger partial charge in [-0.15, -0.1) is 0 Å². The standard InChI is InChI=1S/C13H14FN3O/c14-12-8-9(16)2-5-11(12)13(18)17(7-1-6-15)10-3-4-10/h2,5,8,10H,1,3-4,7,16H2. The van der Waals surface area contributed by atoms with Gasteiger partial charge in [0.2, 0.25) is 0 Å². The van der Waals surface area contributed by atoms with Crippen LogP contribution in [0.5, 0.6) is 0 Å². The normalized spacial score (nSPS) is 14.0. The smallest absolute Gasteiger partial charge is 0.257 e. The average Bonchev–Trinajstić information content (AvgIpc) is 3.13. The van der Waals surface area contributed by atoms with Gasteiger partial charge in [0, 0.05) is 18.3 Å². The highest BCUT2D eigenvalue weighted by atomic mass is 19.1. The Balaban J connectivity index is 2.19. The fourth-order valence-corrected chi connectivity index (χ4v) is 1.87. The molecule has 1 aromatic carbocycles. The largest absolute Gasteiger partial charge is 0.399 e. The van der Waals surface area contributed by atoms with Crippen molar-refractivity contribution in [2.75, 3.05) is 12.3 Å². The summed E-state index contributed by atoms with van der Waals surface area (Å²) in [6, 6.07) is 6.20. The number of hydrogen-bond donors (Lipinski definition) is 1. The number of carbonyl (C=O) groups excluding carboxylic acids is 1. The summed E-state index contributed by atoms with van der Waals surface area (Å²) in [4.78, 5) is 13.8. The summed E-state index contributed by atoms with van der Waals surface area (Å²) in [6.07, 6.45) is 2.11. The molecule has 1 aromatic rings. The van der Waals surface area contributed by atoms with Crippen molar-refractivity contribution in [3.63, 3.8) is 0 Å². The molecule has 0 aliphatic heterocycles. The zero-order valence-corrected chi connectivity index (χ0v) is 9.90. The van der Waals surface area contributed by atoms with Crippen molar-refractivity contribution in [3.8, 4) is 6.07 Å². The molecule has 0 aromatic heterocycles. The second-order valence-electron chi connectivity index (χ2n) is 4.38. The lowest BCUT2D eigenvalue weighted by molar-refractivity contribution is 0.0742. The topological polar surface area (TPSA) is 70.1 Å². The van der Waals surface area contributed by atoms with Crippen LogP contribution in [0.4, 0.5) is 10.1 Å². The molecule has 1 aliphatic carbocycles. The zero-order chi connectivity index (χ0) is 13.1. The van der Waals surface area contributed by atoms with E-state index in [1.807, 2.05) is 6.07 Å². The first-order valence-corrected chi connectivity index (χ1v) is 5.86. The van der Waals surface area contributed by atoms with Gasteiger partial charge in [-0.2, -0.15) is 5.26 Å². The van der Waals surface area contributed by atoms with Crippen LogP contribution < -0.4 is 5.73 Å². The third-order valence-corrected chi connectivity index (χ3v) is 2.94. The van der Waals surface area contributed by atoms with Crippen LogP contribution in [0.15, 0.2) is 18.2 Å². The van der Waals surface area contributed by atoms with Crippen LogP contribution in [0.25, 0.3) is 0 Å². The van der Waals surface area contributed by atoms with E-state index in [1.165, 1.54) is 12.1 Å². The van der Waals surface area contributed by atoms with Gasteiger partial charge in [0.15, 0.2) is 0 Å². The molecule has 0 unspecified atom stereocenters. The molecule has 4 nitrogen and oxygen atoms in total. The minimum absolute atomic E-state index is 0.0223. The summed E-state index contributed by atoms with van der Waals surface area (Å²) >= 11 is 0. The first kappa shape index (κ1) is 12.4. The summed E-state index contributed by atoms with van der Waals surface area (Å²) < 4.78 is 13.7. The van der Waals surface area contributed by atoms with Crippen molar-refractivity contribution in [1.29, 1.82) is 5.26 Å². The van der Waals surface area contributed by atoms with Crippen LogP contribution in [-0.4, -0.2) is 23.4 Å². The van der Waals surface area contributed by atoms with E-state index in [9.17, 15) is 9.18 Å². The summed E-state index contributed by atoms with van der Waals surface area (Å²) in [5.41, 5.74) is 5.76. The van der Waals surface area contributed by atoms with E-state index in [0.717, 1.165) is 18.9 Å². The number of anilines is 1. The van der Waals surface area contributed by atoms with Crippen LogP contribution in [0, 0.1) is 17.1 Å². The number of nitriles is 1. The van der Waals surface area contributed by atoms with Crippen molar-refractivity contribution >= 4 is 11.6 Å². The molecule has 1 fully saturated rings. The van der Waals surface area contributed by atoms with Gasteiger partial charge in [-0.1, -0.05) is 0 Å². The van der Waals surface area contributed by atoms with Crippen molar-refractivity contribution in [3.05, 3.63) is 29.6 Å². The van der Waals surface area contributed by atoms with Gasteiger partial charge in [0.05, 0.1) is 18.1 Å². The third kappa shape index (κ3) is 2.59. The van der Waals surface area contributed by atoms with Crippen molar-refractivity contribution in [1.82, 2.24) is 4.90 Å². The van der Waals surface area contributed by atoms with E-state index >= 15 is 0 Å². The summed E-state index contributed by atoms with van der Waals surface area (Å²) in [6.45, 7) is 0.351. The van der Waals surface area contributed by atoms with Gasteiger partial charge in [0.25, 0.3) is 5.91 Å². The fraction of sp³-hybridized carbons (Fsp3) is 0.385. The van der Waals surface area contributed by atoms with Gasteiger partial charge >= 0.3 is 0 Å². The average molecular weight is 247 g/mol. The van der Waals surface area contributed by atoms with Crippen LogP contribution >= 0.6 is 0 Å². The highest BCUT2D eigenvalue weighted by Crippen LogP contribution is 2.29. The molecule has 5 heteroatoms. The molecule has 0 saturated heterocycles. The Morgan fingerprint density at radius 1 is 1.56 bits per heavy atom. The lowest BCUT2D eigenvalue weighted by Gasteiger charge is -2.21. The Kier molecular flexibility index (Phi) is 3.47. The fourth-order valence-electron chi connectivity index (χ4n) is 1.87. The number of nitrogens with two attached hydrogens (primary N) is 1. The minimum Gasteiger partial charge on any atom is -0.399 e. The summed E-state index contributed by atoms with van der Waals surface area (Å²) in [5.74, 6) is -0.965. The molecule has 1 saturated carbocycles. The van der Waals surface area contributed by atoms with E-state index in [2.05, 4.69) is 0 Å². The second kappa shape index (κ2) is 5.05. The highest BCUT2D eigenvalue weighted by Gasteiger charge is 2.33. The quantitative estimate of drug-likeness (QED) is 0.826. The molecular weight excluding hydrogens is 233 g/mol. The van der Waals surface area contributed by atoms with Crippen molar-refractivity contribution in [2.45, 2.75) is 25.3 Å². The van der Waals surface area contributed by atoms with Crippen LogP contribution in [-0.2, 0) is 0 Å². The molecule has 1 amide bonds. The van der Waals surface area contributed by atoms with E-state index in [0.29, 0.717) is 12.2 Å². The Morgan fingerprint density at radius 3 is 2.83 bits per heavy atom. The number of amides is 1. The highest BCUT2D eigenvalue weighted by molar-refractivity contribution is 5.95. The summed E-state index contributed by atoms with van der Waals surface area (Å²) in [5, 5.41) is 8.58. The number of nitrogens with zero attached hydrogens (tertiary/aromatic N) is 2. The predicted molar refractivity (Wildman–Crippen MR) is 65.1 cm³/mol. The number of carbonyl (C=O) groups is 1. The number of halogens is 1. The van der Waals surface area contributed by atoms with E-state index in [1.54, 1.807) is 4.90 Å². The predicted octanol–water partition coefficient (Wildman–Crippen LogP) is 1.93. The Bertz CT molecular complexity index is 505. The van der Waals surface area contributed by atoms with E-state index < -0.39 is 5.82 Å². The van der Waals surface area contributed by atoms with Crippen LogP contribution in [0.2, 0.25) is 0 Å². The maximum atomic E-state index is 13.7. The lowest BCUT2D eigenvalue weighted by atomic mass is 10.1. The molecule has 0 spiro atoms. The van der Waals surface area contributed by atoms with Crippen molar-refractivity contribution in [2.24, 2.45) is 0 Å². The van der Waals surface area contributed by atoms with Crippen LogP contribution in [0.1, 0.15) is 29.6 Å². The maximum Gasteiger partial charge on any atom is 0.257 e. The second-order valence-corrected chi connectivity index (χ2v) is 4.38. The molecule has 1 aliphatic rings. The lowest BCUT2D eigenvalue weighted by Crippen LogP contribution is -2.34. The Morgan fingerprint density at radius 2 is 2.28 bits per heavy atom. The van der Waals surface area contributed by atoms with Gasteiger partial charge < -0.3 is 10.6 Å². The molecule has 0 heterocycles. The van der Waals surface area contributed by atoms with Gasteiger partial charge in [0.1, 0.15) is 5.82 Å². The molecule has 0 bridgehead atoms. The SMILES string of the molecule is N#CCCN(C(=O)c1ccc(N)cc1F)C1CC1. The zero-order valence-electron chi connectivity index (χ0n) is 9.90. The van der Waals surface area contributed by atoms with Gasteiger partial charge in [-0.25, -0.2) is 4.39 Å². The van der Waals surface area contributed by atoms with E-state index in [-0.39, 0.29) is 23.9 Å². The maximum absolute atomic E-state index is 13.7. The number of benzene rings is 1. The third-order valence-electron chi connectivity index (χ3n) is 2.94. The molecule has 0 atom stereocenters. The van der Waals surface area contributed by atoms with Gasteiger partial charge in [-0.3, -0.25) is 4.79 Å². The Hall–Kier alpha value is -2.09. The number of rotatable bonds is 4. The van der Waals surface area contributed by atoms with Gasteiger partial charge in [-0.05, 0) is 31.0 Å². The van der Waals surface area contributed by atoms with Crippen molar-refractivity contribution < 1.29 is 9.18 Å². The first-order valence-electron chi connectivity index (χ1n) is 5.86. The Labute approximate surface area is 105 Å². The molecule has 2 N–H and O–H groups in total. The number of nitrogen functional groups attached to an aromatic ring is 1.